The first kappa shape index (κ1) is 29.3. The van der Waals surface area contributed by atoms with E-state index in [1.165, 1.54) is 12.8 Å². The van der Waals surface area contributed by atoms with Gasteiger partial charge in [-0.1, -0.05) is 65.0 Å². The second-order valence-corrected chi connectivity index (χ2v) is 16.3. The summed E-state index contributed by atoms with van der Waals surface area (Å²) in [6.45, 7) is 16.0. The summed E-state index contributed by atoms with van der Waals surface area (Å²) < 4.78 is 6.80. The molecule has 2 N–H and O–H groups in total. The van der Waals surface area contributed by atoms with Gasteiger partial charge in [-0.05, 0) is 103 Å². The molecule has 1 aromatic carbocycles. The van der Waals surface area contributed by atoms with Crippen LogP contribution >= 0.6 is 0 Å². The van der Waals surface area contributed by atoms with Gasteiger partial charge in [0.15, 0.2) is 0 Å². The van der Waals surface area contributed by atoms with Crippen molar-refractivity contribution in [2.45, 2.75) is 118 Å². The Morgan fingerprint density at radius 3 is 2.48 bits per heavy atom. The maximum Gasteiger partial charge on any atom is 0.220 e. The lowest BCUT2D eigenvalue weighted by atomic mass is 9.41. The summed E-state index contributed by atoms with van der Waals surface area (Å²) in [7, 11) is 0. The normalized spacial score (nSPS) is 46.9. The fourth-order valence-electron chi connectivity index (χ4n) is 12.2. The number of aliphatic hydroxyl groups is 2. The number of benzene rings is 1. The van der Waals surface area contributed by atoms with Crippen LogP contribution in [0.5, 0.6) is 0 Å². The Kier molecular flexibility index (Phi) is 6.48. The van der Waals surface area contributed by atoms with Gasteiger partial charge in [-0.2, -0.15) is 0 Å². The lowest BCUT2D eigenvalue weighted by Gasteiger charge is -2.63. The number of carbonyl (C=O) groups is 1. The standard InChI is InChI=1S/C37H52NO4/c1-22-19-26(20-38(24(3)39)23(2)25-11-9-8-10-12-25)42-31-30(22)34(6)17-18-37-21-36(37)16-15-29(40)33(4,5)27(36)13-14-28(37)35(34,7)32(31)41/h8-12,22-23,27,29-30,32,40-41H,13-21H2,1-7H3/t22-,23-,27+,29+,30+,32+,34-,35-,36-,37+/m1/s1. The smallest absolute Gasteiger partial charge is 0.220 e. The Morgan fingerprint density at radius 2 is 1.79 bits per heavy atom. The van der Waals surface area contributed by atoms with Gasteiger partial charge in [0.2, 0.25) is 5.91 Å². The maximum absolute atomic E-state index is 12.9. The zero-order valence-corrected chi connectivity index (χ0v) is 26.9. The van der Waals surface area contributed by atoms with Crippen molar-refractivity contribution in [3.05, 3.63) is 54.0 Å². The summed E-state index contributed by atoms with van der Waals surface area (Å²) in [6.07, 6.45) is 9.52. The van der Waals surface area contributed by atoms with Crippen LogP contribution in [0.4, 0.5) is 0 Å². The quantitative estimate of drug-likeness (QED) is 0.404. The molecule has 5 aliphatic carbocycles. The Hall–Kier alpha value is -1.43. The van der Waals surface area contributed by atoms with Crippen molar-refractivity contribution in [2.24, 2.45) is 44.8 Å². The van der Waals surface area contributed by atoms with Gasteiger partial charge in [-0.25, -0.2) is 0 Å². The largest absolute Gasteiger partial charge is 0.393 e. The molecule has 5 heteroatoms. The zero-order valence-electron chi connectivity index (χ0n) is 26.9. The van der Waals surface area contributed by atoms with E-state index in [-0.39, 0.29) is 45.6 Å². The molecule has 1 aromatic rings. The molecule has 42 heavy (non-hydrogen) atoms. The van der Waals surface area contributed by atoms with E-state index in [2.05, 4.69) is 53.7 Å². The zero-order chi connectivity index (χ0) is 30.0. The molecule has 0 aromatic heterocycles. The number of amides is 1. The summed E-state index contributed by atoms with van der Waals surface area (Å²) >= 11 is 0. The molecule has 1 heterocycles. The van der Waals surface area contributed by atoms with Gasteiger partial charge in [0.1, 0.15) is 12.2 Å². The van der Waals surface area contributed by atoms with Crippen LogP contribution in [0, 0.1) is 63.0 Å². The summed E-state index contributed by atoms with van der Waals surface area (Å²) in [5, 5.41) is 23.4. The van der Waals surface area contributed by atoms with E-state index >= 15 is 0 Å². The minimum Gasteiger partial charge on any atom is -0.393 e. The minimum atomic E-state index is -0.633. The highest BCUT2D eigenvalue weighted by atomic mass is 16.5. The molecule has 229 valence electrons. The summed E-state index contributed by atoms with van der Waals surface area (Å²) in [4.78, 5) is 14.8. The van der Waals surface area contributed by atoms with Crippen molar-refractivity contribution in [1.29, 1.82) is 0 Å². The van der Waals surface area contributed by atoms with E-state index < -0.39 is 6.10 Å². The first-order valence-corrected chi connectivity index (χ1v) is 16.7. The van der Waals surface area contributed by atoms with Crippen molar-refractivity contribution in [1.82, 2.24) is 4.90 Å². The molecule has 0 bridgehead atoms. The Bertz CT molecular complexity index is 1230. The third kappa shape index (κ3) is 3.51. The topological polar surface area (TPSA) is 70.0 Å². The summed E-state index contributed by atoms with van der Waals surface area (Å²) in [5.41, 5.74) is 1.21. The number of carbonyl (C=O) groups excluding carboxylic acids is 1. The van der Waals surface area contributed by atoms with Crippen molar-refractivity contribution in [3.8, 4) is 0 Å². The number of rotatable bonds is 4. The highest BCUT2D eigenvalue weighted by molar-refractivity contribution is 5.74. The van der Waals surface area contributed by atoms with Gasteiger partial charge in [0.05, 0.1) is 24.8 Å². The number of hydrogen-bond acceptors (Lipinski definition) is 4. The van der Waals surface area contributed by atoms with Crippen molar-refractivity contribution in [2.75, 3.05) is 6.54 Å². The van der Waals surface area contributed by atoms with Crippen LogP contribution < -0.4 is 0 Å². The van der Waals surface area contributed by atoms with Crippen LogP contribution in [0.2, 0.25) is 0 Å². The molecule has 1 saturated heterocycles. The predicted octanol–water partition coefficient (Wildman–Crippen LogP) is 7.06. The molecule has 10 atom stereocenters. The van der Waals surface area contributed by atoms with Crippen molar-refractivity contribution >= 4 is 5.91 Å². The second-order valence-electron chi connectivity index (χ2n) is 16.3. The monoisotopic (exact) mass is 574 g/mol. The Balaban J connectivity index is 1.16. The SMILES string of the molecule is CC(=O)N(C[C]1C[C@@H](C)[C@H]2[C](O1)[C@H](O)[C@@]1(C)[C]3CC[C@H]4C(C)(C)[C@@H](O)CC[C@@]45C[C@@]35CC[C@]21C)[C@H](C)c1ccccc1. The van der Waals surface area contributed by atoms with Gasteiger partial charge < -0.3 is 19.8 Å². The van der Waals surface area contributed by atoms with Crippen LogP contribution in [0.15, 0.2) is 30.3 Å². The van der Waals surface area contributed by atoms with Gasteiger partial charge in [0.25, 0.3) is 0 Å². The average Bonchev–Trinajstić information content (AvgIpc) is 3.59. The summed E-state index contributed by atoms with van der Waals surface area (Å²) in [5.74, 6) is 2.77. The molecule has 6 aliphatic rings. The van der Waals surface area contributed by atoms with E-state index in [4.69, 9.17) is 4.74 Å². The second kappa shape index (κ2) is 9.30. The lowest BCUT2D eigenvalue weighted by molar-refractivity contribution is -0.132. The molecule has 2 spiro atoms. The highest BCUT2D eigenvalue weighted by Crippen LogP contribution is 2.90. The third-order valence-corrected chi connectivity index (χ3v) is 14.6. The molecular weight excluding hydrogens is 522 g/mol. The molecule has 1 aliphatic heterocycles. The van der Waals surface area contributed by atoms with E-state index in [9.17, 15) is 15.0 Å². The average molecular weight is 575 g/mol. The van der Waals surface area contributed by atoms with Crippen molar-refractivity contribution in [3.63, 3.8) is 0 Å². The third-order valence-electron chi connectivity index (χ3n) is 14.6. The van der Waals surface area contributed by atoms with E-state index in [0.29, 0.717) is 23.8 Å². The van der Waals surface area contributed by atoms with Gasteiger partial charge in [-0.15, -0.1) is 0 Å². The molecule has 6 fully saturated rings. The lowest BCUT2D eigenvalue weighted by Crippen LogP contribution is -2.58. The maximum atomic E-state index is 12.9. The Morgan fingerprint density at radius 1 is 1.07 bits per heavy atom. The predicted molar refractivity (Wildman–Crippen MR) is 163 cm³/mol. The molecule has 5 nitrogen and oxygen atoms in total. The molecular formula is C37H52NO4. The van der Waals surface area contributed by atoms with Gasteiger partial charge in [0, 0.05) is 18.3 Å². The number of fused-ring (bicyclic) bond motifs is 4. The first-order chi connectivity index (χ1) is 19.7. The van der Waals surface area contributed by atoms with Crippen LogP contribution in [0.1, 0.15) is 111 Å². The highest BCUT2D eigenvalue weighted by Gasteiger charge is 2.85. The van der Waals surface area contributed by atoms with Crippen LogP contribution in [0.3, 0.4) is 0 Å². The number of nitrogens with zero attached hydrogens (tertiary/aromatic N) is 1. The molecule has 5 saturated carbocycles. The molecule has 0 unspecified atom stereocenters. The molecule has 1 amide bonds. The van der Waals surface area contributed by atoms with E-state index in [1.54, 1.807) is 12.8 Å². The number of aliphatic hydroxyl groups excluding tert-OH is 2. The van der Waals surface area contributed by atoms with Crippen LogP contribution in [-0.4, -0.2) is 39.8 Å². The summed E-state index contributed by atoms with van der Waals surface area (Å²) in [6, 6.07) is 10.1. The van der Waals surface area contributed by atoms with Gasteiger partial charge >= 0.3 is 0 Å². The van der Waals surface area contributed by atoms with Crippen molar-refractivity contribution < 1.29 is 19.7 Å². The van der Waals surface area contributed by atoms with Crippen LogP contribution in [0.25, 0.3) is 0 Å². The van der Waals surface area contributed by atoms with E-state index in [1.807, 2.05) is 23.1 Å². The minimum absolute atomic E-state index is 0.0376. The molecule has 3 radical (unpaired) electrons. The fraction of sp³-hybridized carbons (Fsp3) is 0.730. The van der Waals surface area contributed by atoms with Gasteiger partial charge in [-0.3, -0.25) is 4.79 Å². The number of hydrogen-bond donors (Lipinski definition) is 2. The Labute approximate surface area is 253 Å². The number of ether oxygens (including phenoxy) is 1. The van der Waals surface area contributed by atoms with E-state index in [0.717, 1.165) is 56.3 Å². The molecule has 7 rings (SSSR count). The van der Waals surface area contributed by atoms with Crippen LogP contribution in [-0.2, 0) is 9.53 Å². The fourth-order valence-corrected chi connectivity index (χ4v) is 12.2. The first-order valence-electron chi connectivity index (χ1n) is 16.7.